The van der Waals surface area contributed by atoms with Crippen molar-refractivity contribution in [2.24, 2.45) is 11.7 Å². The highest BCUT2D eigenvalue weighted by molar-refractivity contribution is 5.99. The van der Waals surface area contributed by atoms with Crippen LogP contribution in [0.25, 0.3) is 0 Å². The number of carbonyl (C=O) groups excluding carboxylic acids is 2. The molecule has 5 nitrogen and oxygen atoms in total. The minimum Gasteiger partial charge on any atom is -0.369 e. The van der Waals surface area contributed by atoms with E-state index in [0.29, 0.717) is 0 Å². The fourth-order valence-electron chi connectivity index (χ4n) is 3.41. The summed E-state index contributed by atoms with van der Waals surface area (Å²) in [5, 5.41) is 3.03. The van der Waals surface area contributed by atoms with E-state index in [1.807, 2.05) is 60.7 Å². The normalized spacial score (nSPS) is 19.8. The first-order chi connectivity index (χ1) is 12.2. The first kappa shape index (κ1) is 17.0. The van der Waals surface area contributed by atoms with Gasteiger partial charge >= 0.3 is 6.03 Å². The molecule has 0 heterocycles. The predicted octanol–water partition coefficient (Wildman–Crippen LogP) is 3.58. The van der Waals surface area contributed by atoms with E-state index in [2.05, 4.69) is 5.32 Å². The maximum atomic E-state index is 13.0. The summed E-state index contributed by atoms with van der Waals surface area (Å²) in [6.07, 6.45) is 3.47. The van der Waals surface area contributed by atoms with E-state index in [4.69, 9.17) is 5.73 Å². The number of urea groups is 1. The summed E-state index contributed by atoms with van der Waals surface area (Å²) >= 11 is 0. The summed E-state index contributed by atoms with van der Waals surface area (Å²) in [5.74, 6) is -0.637. The van der Waals surface area contributed by atoms with Crippen molar-refractivity contribution in [1.29, 1.82) is 0 Å². The zero-order chi connectivity index (χ0) is 17.6. The van der Waals surface area contributed by atoms with E-state index < -0.39 is 0 Å². The molecule has 3 amide bonds. The first-order valence-corrected chi connectivity index (χ1v) is 8.67. The molecule has 0 unspecified atom stereocenters. The van der Waals surface area contributed by atoms with Crippen LogP contribution in [0.15, 0.2) is 60.7 Å². The number of hydrogen-bond acceptors (Lipinski definition) is 2. The highest BCUT2D eigenvalue weighted by Crippen LogP contribution is 2.28. The molecule has 1 fully saturated rings. The van der Waals surface area contributed by atoms with Crippen LogP contribution in [0.3, 0.4) is 0 Å². The first-order valence-electron chi connectivity index (χ1n) is 8.67. The molecule has 25 heavy (non-hydrogen) atoms. The van der Waals surface area contributed by atoms with Crippen LogP contribution in [-0.4, -0.2) is 18.0 Å². The van der Waals surface area contributed by atoms with Crippen molar-refractivity contribution < 1.29 is 9.59 Å². The Morgan fingerprint density at radius 2 is 1.40 bits per heavy atom. The molecule has 2 aromatic rings. The number of hydrogen-bond donors (Lipinski definition) is 2. The molecule has 3 N–H and O–H groups in total. The molecule has 1 saturated carbocycles. The Kier molecular flexibility index (Phi) is 5.33. The number of rotatable bonds is 4. The Morgan fingerprint density at radius 3 is 1.92 bits per heavy atom. The Morgan fingerprint density at radius 1 is 0.880 bits per heavy atom. The van der Waals surface area contributed by atoms with Crippen LogP contribution < -0.4 is 16.0 Å². The monoisotopic (exact) mass is 337 g/mol. The third-order valence-corrected chi connectivity index (χ3v) is 4.67. The van der Waals surface area contributed by atoms with Crippen LogP contribution in [0.4, 0.5) is 16.2 Å². The van der Waals surface area contributed by atoms with Gasteiger partial charge in [0.1, 0.15) is 0 Å². The van der Waals surface area contributed by atoms with Crippen LogP contribution in [0.1, 0.15) is 25.7 Å². The lowest BCUT2D eigenvalue weighted by atomic mass is 9.84. The maximum Gasteiger partial charge on any atom is 0.326 e. The van der Waals surface area contributed by atoms with E-state index >= 15 is 0 Å². The SMILES string of the molecule is NC(=O)[C@H]1CCCC[C@@H]1NC(=O)N(c1ccccc1)c1ccccc1. The highest BCUT2D eigenvalue weighted by atomic mass is 16.2. The molecule has 0 aromatic heterocycles. The number of amides is 3. The van der Waals surface area contributed by atoms with Gasteiger partial charge in [-0.05, 0) is 37.1 Å². The van der Waals surface area contributed by atoms with Crippen molar-refractivity contribution in [2.45, 2.75) is 31.7 Å². The summed E-state index contributed by atoms with van der Waals surface area (Å²) in [4.78, 5) is 26.4. The third-order valence-electron chi connectivity index (χ3n) is 4.67. The Bertz CT molecular complexity index is 679. The van der Waals surface area contributed by atoms with E-state index in [1.165, 1.54) is 0 Å². The molecule has 3 rings (SSSR count). The number of anilines is 2. The van der Waals surface area contributed by atoms with Crippen LogP contribution in [0, 0.1) is 5.92 Å². The van der Waals surface area contributed by atoms with Gasteiger partial charge in [0.05, 0.1) is 17.3 Å². The summed E-state index contributed by atoms with van der Waals surface area (Å²) in [5.41, 5.74) is 7.08. The van der Waals surface area contributed by atoms with Crippen molar-refractivity contribution in [3.05, 3.63) is 60.7 Å². The minimum absolute atomic E-state index is 0.214. The zero-order valence-corrected chi connectivity index (χ0v) is 14.1. The van der Waals surface area contributed by atoms with Crippen molar-refractivity contribution in [2.75, 3.05) is 4.90 Å². The fraction of sp³-hybridized carbons (Fsp3) is 0.300. The smallest absolute Gasteiger partial charge is 0.326 e. The van der Waals surface area contributed by atoms with Gasteiger partial charge in [0.2, 0.25) is 5.91 Å². The van der Waals surface area contributed by atoms with E-state index in [9.17, 15) is 9.59 Å². The topological polar surface area (TPSA) is 75.4 Å². The molecule has 2 aromatic carbocycles. The van der Waals surface area contributed by atoms with Gasteiger partial charge in [-0.25, -0.2) is 4.79 Å². The van der Waals surface area contributed by atoms with Crippen LogP contribution >= 0.6 is 0 Å². The Balaban J connectivity index is 1.86. The van der Waals surface area contributed by atoms with Crippen LogP contribution in [0.2, 0.25) is 0 Å². The summed E-state index contributed by atoms with van der Waals surface area (Å²) in [6.45, 7) is 0. The van der Waals surface area contributed by atoms with E-state index in [0.717, 1.165) is 37.1 Å². The second-order valence-corrected chi connectivity index (χ2v) is 6.36. The number of nitrogens with one attached hydrogen (secondary N) is 1. The molecule has 1 aliphatic rings. The van der Waals surface area contributed by atoms with Crippen molar-refractivity contribution in [3.63, 3.8) is 0 Å². The van der Waals surface area contributed by atoms with Gasteiger partial charge in [0, 0.05) is 6.04 Å². The molecule has 2 atom stereocenters. The Labute approximate surface area is 147 Å². The lowest BCUT2D eigenvalue weighted by Gasteiger charge is -2.32. The number of para-hydroxylation sites is 2. The summed E-state index contributed by atoms with van der Waals surface area (Å²) in [6, 6.07) is 18.5. The number of nitrogens with zero attached hydrogens (tertiary/aromatic N) is 1. The Hall–Kier alpha value is -2.82. The molecule has 0 bridgehead atoms. The third kappa shape index (κ3) is 3.99. The van der Waals surface area contributed by atoms with Crippen LogP contribution in [0.5, 0.6) is 0 Å². The lowest BCUT2D eigenvalue weighted by molar-refractivity contribution is -0.123. The fourth-order valence-corrected chi connectivity index (χ4v) is 3.41. The quantitative estimate of drug-likeness (QED) is 0.895. The molecule has 1 aliphatic carbocycles. The lowest BCUT2D eigenvalue weighted by Crippen LogP contribution is -2.50. The van der Waals surface area contributed by atoms with Crippen molar-refractivity contribution >= 4 is 23.3 Å². The van der Waals surface area contributed by atoms with Gasteiger partial charge in [-0.15, -0.1) is 0 Å². The number of primary amides is 1. The van der Waals surface area contributed by atoms with Gasteiger partial charge in [0.25, 0.3) is 0 Å². The van der Waals surface area contributed by atoms with Gasteiger partial charge < -0.3 is 11.1 Å². The predicted molar refractivity (Wildman–Crippen MR) is 98.5 cm³/mol. The second kappa shape index (κ2) is 7.83. The van der Waals surface area contributed by atoms with Gasteiger partial charge in [-0.3, -0.25) is 9.69 Å². The molecular weight excluding hydrogens is 314 g/mol. The average molecular weight is 337 g/mol. The summed E-state index contributed by atoms with van der Waals surface area (Å²) in [7, 11) is 0. The van der Waals surface area contributed by atoms with Gasteiger partial charge in [-0.1, -0.05) is 49.2 Å². The maximum absolute atomic E-state index is 13.0. The zero-order valence-electron chi connectivity index (χ0n) is 14.1. The standard InChI is InChI=1S/C20H23N3O2/c21-19(24)17-13-7-8-14-18(17)22-20(25)23(15-9-3-1-4-10-15)16-11-5-2-6-12-16/h1-6,9-12,17-18H,7-8,13-14H2,(H2,21,24)(H,22,25)/t17-,18-/m0/s1. The molecule has 5 heteroatoms. The molecule has 130 valence electrons. The molecule has 0 saturated heterocycles. The highest BCUT2D eigenvalue weighted by Gasteiger charge is 2.32. The van der Waals surface area contributed by atoms with Crippen LogP contribution in [-0.2, 0) is 4.79 Å². The minimum atomic E-state index is -0.337. The van der Waals surface area contributed by atoms with Crippen molar-refractivity contribution in [1.82, 2.24) is 5.32 Å². The van der Waals surface area contributed by atoms with E-state index in [1.54, 1.807) is 4.90 Å². The number of nitrogens with two attached hydrogens (primary N) is 1. The average Bonchev–Trinajstić information content (AvgIpc) is 2.64. The number of carbonyl (C=O) groups is 2. The van der Waals surface area contributed by atoms with E-state index in [-0.39, 0.29) is 23.9 Å². The van der Waals surface area contributed by atoms with Gasteiger partial charge in [-0.2, -0.15) is 0 Å². The summed E-state index contributed by atoms with van der Waals surface area (Å²) < 4.78 is 0. The molecular formula is C20H23N3O2. The van der Waals surface area contributed by atoms with Crippen molar-refractivity contribution in [3.8, 4) is 0 Å². The second-order valence-electron chi connectivity index (χ2n) is 6.36. The molecule has 0 aliphatic heterocycles. The largest absolute Gasteiger partial charge is 0.369 e. The number of benzene rings is 2. The molecule has 0 spiro atoms. The molecule has 0 radical (unpaired) electrons. The van der Waals surface area contributed by atoms with Gasteiger partial charge in [0.15, 0.2) is 0 Å².